The van der Waals surface area contributed by atoms with Crippen molar-refractivity contribution in [3.63, 3.8) is 0 Å². The SMILES string of the molecule is COc1ccc2c(c1)-c1cnoc1CN2. The quantitative estimate of drug-likeness (QED) is 0.770. The van der Waals surface area contributed by atoms with E-state index in [9.17, 15) is 0 Å². The molecule has 1 aliphatic heterocycles. The summed E-state index contributed by atoms with van der Waals surface area (Å²) in [7, 11) is 1.66. The van der Waals surface area contributed by atoms with Crippen LogP contribution in [0, 0.1) is 0 Å². The molecule has 1 N–H and O–H groups in total. The van der Waals surface area contributed by atoms with Crippen molar-refractivity contribution in [3.05, 3.63) is 30.2 Å². The number of hydrogen-bond acceptors (Lipinski definition) is 4. The minimum Gasteiger partial charge on any atom is -0.497 e. The van der Waals surface area contributed by atoms with Crippen molar-refractivity contribution in [2.24, 2.45) is 0 Å². The molecule has 76 valence electrons. The molecule has 1 aromatic carbocycles. The molecule has 0 unspecified atom stereocenters. The summed E-state index contributed by atoms with van der Waals surface area (Å²) in [4.78, 5) is 0. The molecule has 2 heterocycles. The van der Waals surface area contributed by atoms with Crippen LogP contribution in [0.15, 0.2) is 28.9 Å². The van der Waals surface area contributed by atoms with E-state index in [2.05, 4.69) is 10.5 Å². The van der Waals surface area contributed by atoms with E-state index in [1.165, 1.54) is 0 Å². The third kappa shape index (κ3) is 1.18. The van der Waals surface area contributed by atoms with Gasteiger partial charge in [-0.1, -0.05) is 5.16 Å². The zero-order chi connectivity index (χ0) is 10.3. The average Bonchev–Trinajstić information content (AvgIpc) is 2.76. The second-order valence-electron chi connectivity index (χ2n) is 3.43. The van der Waals surface area contributed by atoms with E-state index in [0.717, 1.165) is 28.3 Å². The summed E-state index contributed by atoms with van der Waals surface area (Å²) in [6.45, 7) is 0.689. The Hall–Kier alpha value is -1.97. The summed E-state index contributed by atoms with van der Waals surface area (Å²) in [6.07, 6.45) is 1.74. The number of aromatic nitrogens is 1. The Kier molecular flexibility index (Phi) is 1.68. The number of methoxy groups -OCH3 is 1. The molecule has 3 rings (SSSR count). The molecule has 0 saturated heterocycles. The van der Waals surface area contributed by atoms with Gasteiger partial charge in [0.15, 0.2) is 5.76 Å². The van der Waals surface area contributed by atoms with Gasteiger partial charge in [0.1, 0.15) is 5.75 Å². The third-order valence-corrected chi connectivity index (χ3v) is 2.60. The summed E-state index contributed by atoms with van der Waals surface area (Å²) in [5.74, 6) is 1.71. The van der Waals surface area contributed by atoms with Crippen molar-refractivity contribution >= 4 is 5.69 Å². The minimum absolute atomic E-state index is 0.689. The maximum Gasteiger partial charge on any atom is 0.163 e. The summed E-state index contributed by atoms with van der Waals surface area (Å²) < 4.78 is 10.3. The lowest BCUT2D eigenvalue weighted by atomic mass is 10.0. The van der Waals surface area contributed by atoms with Gasteiger partial charge >= 0.3 is 0 Å². The molecule has 0 spiro atoms. The molecular formula is C11H10N2O2. The smallest absolute Gasteiger partial charge is 0.163 e. The lowest BCUT2D eigenvalue weighted by Crippen LogP contribution is -2.06. The monoisotopic (exact) mass is 202 g/mol. The number of hydrogen-bond donors (Lipinski definition) is 1. The lowest BCUT2D eigenvalue weighted by molar-refractivity contribution is 0.388. The van der Waals surface area contributed by atoms with Crippen molar-refractivity contribution < 1.29 is 9.26 Å². The van der Waals surface area contributed by atoms with Crippen LogP contribution in [0.1, 0.15) is 5.76 Å². The Balaban J connectivity index is 2.21. The Morgan fingerprint density at radius 3 is 3.20 bits per heavy atom. The standard InChI is InChI=1S/C11H10N2O2/c1-14-7-2-3-10-8(4-7)9-5-13-15-11(9)6-12-10/h2-5,12H,6H2,1H3. The number of rotatable bonds is 1. The Morgan fingerprint density at radius 1 is 1.40 bits per heavy atom. The lowest BCUT2D eigenvalue weighted by Gasteiger charge is -2.17. The second-order valence-corrected chi connectivity index (χ2v) is 3.43. The van der Waals surface area contributed by atoms with Crippen LogP contribution in [0.5, 0.6) is 5.75 Å². The maximum atomic E-state index is 5.19. The molecule has 0 bridgehead atoms. The summed E-state index contributed by atoms with van der Waals surface area (Å²) in [5, 5.41) is 7.07. The predicted octanol–water partition coefficient (Wildman–Crippen LogP) is 2.28. The highest BCUT2D eigenvalue weighted by Gasteiger charge is 2.19. The highest BCUT2D eigenvalue weighted by molar-refractivity contribution is 5.82. The van der Waals surface area contributed by atoms with E-state index >= 15 is 0 Å². The molecule has 4 heteroatoms. The Bertz CT molecular complexity index is 505. The fraction of sp³-hybridized carbons (Fsp3) is 0.182. The summed E-state index contributed by atoms with van der Waals surface area (Å²) in [5.41, 5.74) is 3.21. The maximum absolute atomic E-state index is 5.19. The number of nitrogens with zero attached hydrogens (tertiary/aromatic N) is 1. The van der Waals surface area contributed by atoms with Gasteiger partial charge < -0.3 is 14.6 Å². The topological polar surface area (TPSA) is 47.3 Å². The van der Waals surface area contributed by atoms with Crippen molar-refractivity contribution in [1.29, 1.82) is 0 Å². The van der Waals surface area contributed by atoms with Crippen LogP contribution in [0.3, 0.4) is 0 Å². The van der Waals surface area contributed by atoms with Gasteiger partial charge in [-0.2, -0.15) is 0 Å². The molecule has 0 fully saturated rings. The Labute approximate surface area is 86.8 Å². The van der Waals surface area contributed by atoms with E-state index in [0.29, 0.717) is 6.54 Å². The van der Waals surface area contributed by atoms with E-state index in [1.54, 1.807) is 13.3 Å². The third-order valence-electron chi connectivity index (χ3n) is 2.60. The molecule has 0 aliphatic carbocycles. The fourth-order valence-electron chi connectivity index (χ4n) is 1.81. The van der Waals surface area contributed by atoms with Crippen molar-refractivity contribution in [3.8, 4) is 16.9 Å². The van der Waals surface area contributed by atoms with Crippen LogP contribution in [-0.4, -0.2) is 12.3 Å². The van der Waals surface area contributed by atoms with Crippen molar-refractivity contribution in [2.45, 2.75) is 6.54 Å². The summed E-state index contributed by atoms with van der Waals surface area (Å²) >= 11 is 0. The first-order valence-electron chi connectivity index (χ1n) is 4.74. The normalized spacial score (nSPS) is 12.6. The molecule has 1 aromatic heterocycles. The van der Waals surface area contributed by atoms with E-state index in [1.807, 2.05) is 18.2 Å². The van der Waals surface area contributed by atoms with E-state index in [-0.39, 0.29) is 0 Å². The highest BCUT2D eigenvalue weighted by atomic mass is 16.5. The van der Waals surface area contributed by atoms with Gasteiger partial charge in [-0.3, -0.25) is 0 Å². The zero-order valence-electron chi connectivity index (χ0n) is 8.28. The largest absolute Gasteiger partial charge is 0.497 e. The van der Waals surface area contributed by atoms with Crippen LogP contribution < -0.4 is 10.1 Å². The molecule has 2 aromatic rings. The van der Waals surface area contributed by atoms with Crippen molar-refractivity contribution in [1.82, 2.24) is 5.16 Å². The van der Waals surface area contributed by atoms with Gasteiger partial charge in [-0.25, -0.2) is 0 Å². The second kappa shape index (κ2) is 3.02. The number of fused-ring (bicyclic) bond motifs is 3. The predicted molar refractivity (Wildman–Crippen MR) is 55.8 cm³/mol. The van der Waals surface area contributed by atoms with Crippen LogP contribution in [0.2, 0.25) is 0 Å². The van der Waals surface area contributed by atoms with Crippen LogP contribution in [0.4, 0.5) is 5.69 Å². The first kappa shape index (κ1) is 8.35. The molecule has 0 radical (unpaired) electrons. The van der Waals surface area contributed by atoms with Crippen LogP contribution in [0.25, 0.3) is 11.1 Å². The van der Waals surface area contributed by atoms with Gasteiger partial charge in [-0.05, 0) is 18.2 Å². The minimum atomic E-state index is 0.689. The molecule has 0 atom stereocenters. The van der Waals surface area contributed by atoms with Crippen LogP contribution >= 0.6 is 0 Å². The number of benzene rings is 1. The molecule has 15 heavy (non-hydrogen) atoms. The highest BCUT2D eigenvalue weighted by Crippen LogP contribution is 2.37. The number of ether oxygens (including phenoxy) is 1. The van der Waals surface area contributed by atoms with Gasteiger partial charge in [0.2, 0.25) is 0 Å². The summed E-state index contributed by atoms with van der Waals surface area (Å²) in [6, 6.07) is 5.92. The fourth-order valence-corrected chi connectivity index (χ4v) is 1.81. The molecule has 4 nitrogen and oxygen atoms in total. The van der Waals surface area contributed by atoms with E-state index in [4.69, 9.17) is 9.26 Å². The van der Waals surface area contributed by atoms with Gasteiger partial charge in [0.25, 0.3) is 0 Å². The van der Waals surface area contributed by atoms with Gasteiger partial charge in [0.05, 0.1) is 19.9 Å². The number of nitrogens with one attached hydrogen (secondary N) is 1. The van der Waals surface area contributed by atoms with Gasteiger partial charge in [0, 0.05) is 16.8 Å². The van der Waals surface area contributed by atoms with Crippen LogP contribution in [-0.2, 0) is 6.54 Å². The van der Waals surface area contributed by atoms with Crippen molar-refractivity contribution in [2.75, 3.05) is 12.4 Å². The van der Waals surface area contributed by atoms with Gasteiger partial charge in [-0.15, -0.1) is 0 Å². The molecule has 1 aliphatic rings. The zero-order valence-corrected chi connectivity index (χ0v) is 8.28. The first-order valence-corrected chi connectivity index (χ1v) is 4.74. The molecule has 0 amide bonds. The molecular weight excluding hydrogens is 192 g/mol. The number of anilines is 1. The Morgan fingerprint density at radius 2 is 2.33 bits per heavy atom. The molecule has 0 saturated carbocycles. The first-order chi connectivity index (χ1) is 7.38. The average molecular weight is 202 g/mol. The van der Waals surface area contributed by atoms with E-state index < -0.39 is 0 Å².